The van der Waals surface area contributed by atoms with Gasteiger partial charge in [-0.25, -0.2) is 4.98 Å². The summed E-state index contributed by atoms with van der Waals surface area (Å²) in [4.78, 5) is 20.0. The lowest BCUT2D eigenvalue weighted by atomic mass is 10.1. The van der Waals surface area contributed by atoms with Crippen molar-refractivity contribution in [3.63, 3.8) is 0 Å². The number of amides is 1. The first-order chi connectivity index (χ1) is 14.6. The molecule has 0 unspecified atom stereocenters. The zero-order valence-electron chi connectivity index (χ0n) is 18.1. The van der Waals surface area contributed by atoms with Crippen molar-refractivity contribution in [1.29, 1.82) is 0 Å². The molecular formula is C26H31N3O. The van der Waals surface area contributed by atoms with Crippen LogP contribution in [-0.4, -0.2) is 24.0 Å². The number of nitrogens with zero attached hydrogens (tertiary/aromatic N) is 2. The molecule has 4 nitrogen and oxygen atoms in total. The number of anilines is 2. The zero-order chi connectivity index (χ0) is 20.9. The molecule has 1 aliphatic heterocycles. The van der Waals surface area contributed by atoms with E-state index in [1.807, 2.05) is 30.3 Å². The second-order valence-corrected chi connectivity index (χ2v) is 8.33. The quantitative estimate of drug-likeness (QED) is 0.540. The number of pyridine rings is 1. The number of benzene rings is 2. The number of carbonyl (C=O) groups excluding carboxylic acids is 1. The Kier molecular flexibility index (Phi) is 6.32. The monoisotopic (exact) mass is 401 g/mol. The third kappa shape index (κ3) is 4.64. The second kappa shape index (κ2) is 9.29. The molecular weight excluding hydrogens is 370 g/mol. The van der Waals surface area contributed by atoms with Crippen molar-refractivity contribution >= 4 is 28.3 Å². The maximum Gasteiger partial charge on any atom is 0.255 e. The third-order valence-electron chi connectivity index (χ3n) is 5.98. The Morgan fingerprint density at radius 1 is 1.03 bits per heavy atom. The molecule has 0 saturated carbocycles. The van der Waals surface area contributed by atoms with Crippen LogP contribution < -0.4 is 10.2 Å². The number of unbranched alkanes of at least 4 members (excludes halogenated alkanes) is 1. The lowest BCUT2D eigenvalue weighted by Gasteiger charge is -2.28. The highest BCUT2D eigenvalue weighted by Crippen LogP contribution is 2.27. The summed E-state index contributed by atoms with van der Waals surface area (Å²) in [5.74, 6) is 0.992. The van der Waals surface area contributed by atoms with Crippen LogP contribution in [0.2, 0.25) is 0 Å². The largest absolute Gasteiger partial charge is 0.357 e. The van der Waals surface area contributed by atoms with Crippen molar-refractivity contribution in [3.8, 4) is 0 Å². The predicted octanol–water partition coefficient (Wildman–Crippen LogP) is 6.13. The van der Waals surface area contributed by atoms with Crippen LogP contribution in [-0.2, 0) is 6.42 Å². The van der Waals surface area contributed by atoms with Crippen LogP contribution in [0.5, 0.6) is 0 Å². The van der Waals surface area contributed by atoms with Gasteiger partial charge in [-0.2, -0.15) is 0 Å². The highest BCUT2D eigenvalue weighted by atomic mass is 16.1. The Morgan fingerprint density at radius 2 is 1.80 bits per heavy atom. The lowest BCUT2D eigenvalue weighted by molar-refractivity contribution is 0.102. The molecule has 2 heterocycles. The number of nitrogens with one attached hydrogen (secondary N) is 1. The number of aryl methyl sites for hydroxylation is 2. The van der Waals surface area contributed by atoms with Crippen molar-refractivity contribution in [2.75, 3.05) is 23.3 Å². The van der Waals surface area contributed by atoms with Crippen molar-refractivity contribution in [1.82, 2.24) is 4.98 Å². The minimum atomic E-state index is -0.0769. The van der Waals surface area contributed by atoms with Gasteiger partial charge in [-0.05, 0) is 86.6 Å². The average molecular weight is 402 g/mol. The molecule has 1 aliphatic rings. The molecule has 1 fully saturated rings. The Labute approximate surface area is 179 Å². The Morgan fingerprint density at radius 3 is 2.53 bits per heavy atom. The molecule has 2 aromatic carbocycles. The van der Waals surface area contributed by atoms with Crippen LogP contribution in [0.1, 0.15) is 60.5 Å². The molecule has 4 heteroatoms. The summed E-state index contributed by atoms with van der Waals surface area (Å²) in [5, 5.41) is 4.13. The van der Waals surface area contributed by atoms with Gasteiger partial charge in [0.05, 0.1) is 5.52 Å². The molecule has 1 amide bonds. The van der Waals surface area contributed by atoms with Crippen LogP contribution in [0.3, 0.4) is 0 Å². The zero-order valence-corrected chi connectivity index (χ0v) is 18.1. The van der Waals surface area contributed by atoms with Gasteiger partial charge in [-0.15, -0.1) is 0 Å². The van der Waals surface area contributed by atoms with Gasteiger partial charge in [0.2, 0.25) is 0 Å². The van der Waals surface area contributed by atoms with Gasteiger partial charge >= 0.3 is 0 Å². The van der Waals surface area contributed by atoms with Crippen LogP contribution in [0.15, 0.2) is 48.5 Å². The van der Waals surface area contributed by atoms with E-state index in [9.17, 15) is 4.79 Å². The molecule has 3 aromatic rings. The first-order valence-electron chi connectivity index (χ1n) is 11.2. The van der Waals surface area contributed by atoms with Gasteiger partial charge < -0.3 is 10.2 Å². The molecule has 0 aliphatic carbocycles. The Bertz CT molecular complexity index is 1020. The Balaban J connectivity index is 1.50. The van der Waals surface area contributed by atoms with Gasteiger partial charge in [0.15, 0.2) is 0 Å². The maximum atomic E-state index is 12.7. The fourth-order valence-corrected chi connectivity index (χ4v) is 4.15. The molecule has 0 atom stereocenters. The normalized spacial score (nSPS) is 14.1. The summed E-state index contributed by atoms with van der Waals surface area (Å²) in [6.07, 6.45) is 7.21. The van der Waals surface area contributed by atoms with Crippen molar-refractivity contribution in [2.24, 2.45) is 0 Å². The topological polar surface area (TPSA) is 45.2 Å². The lowest BCUT2D eigenvalue weighted by Crippen LogP contribution is -2.30. The smallest absolute Gasteiger partial charge is 0.255 e. The van der Waals surface area contributed by atoms with Crippen molar-refractivity contribution in [3.05, 3.63) is 65.2 Å². The number of rotatable bonds is 6. The van der Waals surface area contributed by atoms with E-state index >= 15 is 0 Å². The molecule has 0 spiro atoms. The molecule has 0 radical (unpaired) electrons. The number of hydrogen-bond acceptors (Lipinski definition) is 3. The summed E-state index contributed by atoms with van der Waals surface area (Å²) in [5.41, 5.74) is 4.94. The molecule has 30 heavy (non-hydrogen) atoms. The highest BCUT2D eigenvalue weighted by molar-refractivity contribution is 6.05. The molecule has 1 saturated heterocycles. The number of carbonyl (C=O) groups is 1. The summed E-state index contributed by atoms with van der Waals surface area (Å²) >= 11 is 0. The van der Waals surface area contributed by atoms with E-state index in [2.05, 4.69) is 42.3 Å². The molecule has 1 N–H and O–H groups in total. The third-order valence-corrected chi connectivity index (χ3v) is 5.98. The van der Waals surface area contributed by atoms with E-state index in [1.54, 1.807) is 0 Å². The number of piperidine rings is 1. The fraction of sp³-hybridized carbons (Fsp3) is 0.385. The van der Waals surface area contributed by atoms with Crippen LogP contribution in [0.4, 0.5) is 11.5 Å². The summed E-state index contributed by atoms with van der Waals surface area (Å²) in [6, 6.07) is 16.1. The SMILES string of the molecule is CCCCc1ccc(C(=O)Nc2ccc3nc(N4CCCCC4)cc(C)c3c2)cc1. The Hall–Kier alpha value is -2.88. The van der Waals surface area contributed by atoms with Crippen molar-refractivity contribution in [2.45, 2.75) is 52.4 Å². The van der Waals surface area contributed by atoms with Gasteiger partial charge in [-0.1, -0.05) is 25.5 Å². The number of hydrogen-bond donors (Lipinski definition) is 1. The summed E-state index contributed by atoms with van der Waals surface area (Å²) in [6.45, 7) is 6.49. The van der Waals surface area contributed by atoms with Gasteiger partial charge in [0, 0.05) is 29.7 Å². The average Bonchev–Trinajstić information content (AvgIpc) is 2.79. The molecule has 1 aromatic heterocycles. The van der Waals surface area contributed by atoms with E-state index in [0.717, 1.165) is 41.9 Å². The summed E-state index contributed by atoms with van der Waals surface area (Å²) < 4.78 is 0. The van der Waals surface area contributed by atoms with E-state index in [4.69, 9.17) is 4.98 Å². The van der Waals surface area contributed by atoms with Gasteiger partial charge in [0.1, 0.15) is 5.82 Å². The van der Waals surface area contributed by atoms with Crippen molar-refractivity contribution < 1.29 is 4.79 Å². The second-order valence-electron chi connectivity index (χ2n) is 8.33. The first-order valence-corrected chi connectivity index (χ1v) is 11.2. The summed E-state index contributed by atoms with van der Waals surface area (Å²) in [7, 11) is 0. The highest BCUT2D eigenvalue weighted by Gasteiger charge is 2.14. The molecule has 0 bridgehead atoms. The van der Waals surface area contributed by atoms with Gasteiger partial charge in [0.25, 0.3) is 5.91 Å². The minimum Gasteiger partial charge on any atom is -0.357 e. The van der Waals surface area contributed by atoms with E-state index in [-0.39, 0.29) is 5.91 Å². The predicted molar refractivity (Wildman–Crippen MR) is 126 cm³/mol. The molecule has 156 valence electrons. The fourth-order valence-electron chi connectivity index (χ4n) is 4.15. The van der Waals surface area contributed by atoms with Crippen LogP contribution in [0, 0.1) is 6.92 Å². The minimum absolute atomic E-state index is 0.0769. The number of fused-ring (bicyclic) bond motifs is 1. The van der Waals surface area contributed by atoms with Crippen LogP contribution in [0.25, 0.3) is 10.9 Å². The maximum absolute atomic E-state index is 12.7. The molecule has 4 rings (SSSR count). The standard InChI is InChI=1S/C26H31N3O/c1-3-4-8-20-9-11-21(12-10-20)26(30)27-22-13-14-24-23(18-22)19(2)17-25(28-24)29-15-6-5-7-16-29/h9-14,17-18H,3-8,15-16H2,1-2H3,(H,27,30). The van der Waals surface area contributed by atoms with E-state index in [0.29, 0.717) is 5.56 Å². The van der Waals surface area contributed by atoms with E-state index < -0.39 is 0 Å². The number of aromatic nitrogens is 1. The first kappa shape index (κ1) is 20.4. The van der Waals surface area contributed by atoms with Crippen LogP contribution >= 0.6 is 0 Å². The van der Waals surface area contributed by atoms with Gasteiger partial charge in [-0.3, -0.25) is 4.79 Å². The van der Waals surface area contributed by atoms with E-state index in [1.165, 1.54) is 43.2 Å².